The van der Waals surface area contributed by atoms with Crippen molar-refractivity contribution in [3.63, 3.8) is 0 Å². The van der Waals surface area contributed by atoms with Gasteiger partial charge in [-0.25, -0.2) is 9.59 Å². The van der Waals surface area contributed by atoms with Crippen LogP contribution < -0.4 is 5.69 Å². The van der Waals surface area contributed by atoms with Gasteiger partial charge in [0.2, 0.25) is 0 Å². The van der Waals surface area contributed by atoms with E-state index in [0.29, 0.717) is 30.8 Å². The molecule has 1 aromatic heterocycles. The Morgan fingerprint density at radius 2 is 2.06 bits per heavy atom. The van der Waals surface area contributed by atoms with E-state index in [-0.39, 0.29) is 18.0 Å². The molecule has 0 amide bonds. The molecule has 1 aromatic rings. The highest BCUT2D eigenvalue weighted by atomic mass is 16.5. The van der Waals surface area contributed by atoms with E-state index in [4.69, 9.17) is 4.74 Å². The number of hydrogen-bond donors (Lipinski definition) is 2. The first-order chi connectivity index (χ1) is 8.58. The quantitative estimate of drug-likeness (QED) is 0.432. The Morgan fingerprint density at radius 3 is 2.56 bits per heavy atom. The molecule has 98 valence electrons. The van der Waals surface area contributed by atoms with Gasteiger partial charge in [0.25, 0.3) is 0 Å². The molecule has 0 atom stereocenters. The minimum Gasteiger partial charge on any atom is -0.487 e. The predicted molar refractivity (Wildman–Crippen MR) is 65.2 cm³/mol. The number of carbonyl (C=O) groups is 1. The van der Waals surface area contributed by atoms with E-state index in [0.717, 1.165) is 0 Å². The van der Waals surface area contributed by atoms with Gasteiger partial charge in [-0.2, -0.15) is 0 Å². The highest BCUT2D eigenvalue weighted by Gasteiger charge is 2.12. The third-order valence-corrected chi connectivity index (χ3v) is 2.43. The molecule has 0 bridgehead atoms. The van der Waals surface area contributed by atoms with Gasteiger partial charge < -0.3 is 14.7 Å². The Hall–Kier alpha value is -2.07. The summed E-state index contributed by atoms with van der Waals surface area (Å²) < 4.78 is 5.02. The number of aromatic amines is 2. The summed E-state index contributed by atoms with van der Waals surface area (Å²) in [5.41, 5.74) is 0.438. The SMILES string of the molecule is CCOC(=C=O)CCCC(=O)c1[nH]c(=O)[nH]c1C. The maximum absolute atomic E-state index is 11.8. The van der Waals surface area contributed by atoms with Crippen LogP contribution in [0.25, 0.3) is 0 Å². The Morgan fingerprint density at radius 1 is 1.33 bits per heavy atom. The third-order valence-electron chi connectivity index (χ3n) is 2.43. The summed E-state index contributed by atoms with van der Waals surface area (Å²) in [4.78, 5) is 38.2. The number of ketones is 1. The van der Waals surface area contributed by atoms with Crippen LogP contribution in [-0.2, 0) is 9.53 Å². The largest absolute Gasteiger partial charge is 0.487 e. The number of aromatic nitrogens is 2. The molecule has 6 heteroatoms. The van der Waals surface area contributed by atoms with Crippen molar-refractivity contribution in [2.75, 3.05) is 6.61 Å². The van der Waals surface area contributed by atoms with Crippen LogP contribution >= 0.6 is 0 Å². The smallest absolute Gasteiger partial charge is 0.323 e. The van der Waals surface area contributed by atoms with Gasteiger partial charge in [-0.1, -0.05) is 0 Å². The topological polar surface area (TPSA) is 92.0 Å². The molecule has 0 saturated heterocycles. The van der Waals surface area contributed by atoms with Gasteiger partial charge in [-0.15, -0.1) is 0 Å². The highest BCUT2D eigenvalue weighted by Crippen LogP contribution is 2.10. The average Bonchev–Trinajstić information content (AvgIpc) is 2.67. The number of carbonyl (C=O) groups excluding carboxylic acids is 2. The zero-order valence-electron chi connectivity index (χ0n) is 10.5. The van der Waals surface area contributed by atoms with Gasteiger partial charge in [0, 0.05) is 18.5 Å². The first-order valence-electron chi connectivity index (χ1n) is 5.77. The van der Waals surface area contributed by atoms with E-state index < -0.39 is 5.69 Å². The highest BCUT2D eigenvalue weighted by molar-refractivity contribution is 5.95. The molecule has 0 aliphatic heterocycles. The normalized spacial score (nSPS) is 9.89. The molecule has 0 aliphatic carbocycles. The zero-order valence-corrected chi connectivity index (χ0v) is 10.5. The number of allylic oxidation sites excluding steroid dienone is 1. The van der Waals surface area contributed by atoms with Gasteiger partial charge in [0.1, 0.15) is 5.69 Å². The number of imidazole rings is 1. The van der Waals surface area contributed by atoms with E-state index in [1.807, 2.05) is 0 Å². The van der Waals surface area contributed by atoms with Crippen LogP contribution in [0.1, 0.15) is 42.4 Å². The summed E-state index contributed by atoms with van der Waals surface area (Å²) in [6.45, 7) is 3.83. The first kappa shape index (κ1) is 14.0. The summed E-state index contributed by atoms with van der Waals surface area (Å²) >= 11 is 0. The fourth-order valence-corrected chi connectivity index (χ4v) is 1.61. The molecule has 1 rings (SSSR count). The summed E-state index contributed by atoms with van der Waals surface area (Å²) in [5.74, 6) is 1.77. The minimum absolute atomic E-state index is 0.160. The average molecular weight is 252 g/mol. The van der Waals surface area contributed by atoms with Crippen molar-refractivity contribution < 1.29 is 14.3 Å². The molecular formula is C12H16N2O4. The van der Waals surface area contributed by atoms with Crippen molar-refractivity contribution in [3.8, 4) is 0 Å². The number of aryl methyl sites for hydroxylation is 1. The summed E-state index contributed by atoms with van der Waals surface area (Å²) in [6.07, 6.45) is 1.10. The molecule has 0 fully saturated rings. The molecule has 2 N–H and O–H groups in total. The summed E-state index contributed by atoms with van der Waals surface area (Å²) in [5, 5.41) is 0. The van der Waals surface area contributed by atoms with Gasteiger partial charge in [-0.3, -0.25) is 4.79 Å². The number of nitrogens with one attached hydrogen (secondary N) is 2. The maximum Gasteiger partial charge on any atom is 0.323 e. The van der Waals surface area contributed by atoms with Crippen molar-refractivity contribution in [2.24, 2.45) is 0 Å². The van der Waals surface area contributed by atoms with Crippen molar-refractivity contribution >= 4 is 11.7 Å². The molecule has 0 radical (unpaired) electrons. The van der Waals surface area contributed by atoms with Gasteiger partial charge >= 0.3 is 5.69 Å². The molecule has 0 saturated carbocycles. The third kappa shape index (κ3) is 3.75. The van der Waals surface area contributed by atoms with Crippen molar-refractivity contribution in [3.05, 3.63) is 27.6 Å². The number of H-pyrrole nitrogens is 2. The van der Waals surface area contributed by atoms with Crippen LogP contribution in [-0.4, -0.2) is 28.3 Å². The van der Waals surface area contributed by atoms with Crippen LogP contribution in [0.3, 0.4) is 0 Å². The zero-order chi connectivity index (χ0) is 13.5. The van der Waals surface area contributed by atoms with Crippen LogP contribution in [0.4, 0.5) is 0 Å². The second-order valence-electron chi connectivity index (χ2n) is 3.81. The first-order valence-corrected chi connectivity index (χ1v) is 5.77. The van der Waals surface area contributed by atoms with Gasteiger partial charge in [0.05, 0.1) is 6.61 Å². The van der Waals surface area contributed by atoms with Gasteiger partial charge in [0.15, 0.2) is 17.5 Å². The van der Waals surface area contributed by atoms with E-state index >= 15 is 0 Å². The van der Waals surface area contributed by atoms with E-state index in [1.54, 1.807) is 19.8 Å². The fourth-order valence-electron chi connectivity index (χ4n) is 1.61. The molecule has 0 unspecified atom stereocenters. The Labute approximate surface area is 104 Å². The number of Topliss-reactive ketones (excluding diaryl/α,β-unsaturated/α-hetero) is 1. The minimum atomic E-state index is -0.390. The predicted octanol–water partition coefficient (Wildman–Crippen LogP) is 1.12. The van der Waals surface area contributed by atoms with E-state index in [1.165, 1.54) is 0 Å². The number of rotatable bonds is 7. The lowest BCUT2D eigenvalue weighted by Gasteiger charge is -2.03. The van der Waals surface area contributed by atoms with Crippen LogP contribution in [0.5, 0.6) is 0 Å². The summed E-state index contributed by atoms with van der Waals surface area (Å²) in [7, 11) is 0. The maximum atomic E-state index is 11.8. The lowest BCUT2D eigenvalue weighted by atomic mass is 10.1. The monoisotopic (exact) mass is 252 g/mol. The lowest BCUT2D eigenvalue weighted by molar-refractivity contribution is 0.0973. The van der Waals surface area contributed by atoms with Crippen molar-refractivity contribution in [1.82, 2.24) is 9.97 Å². The second-order valence-corrected chi connectivity index (χ2v) is 3.81. The number of ether oxygens (including phenoxy) is 1. The standard InChI is InChI=1S/C12H16N2O4/c1-3-18-9(7-15)5-4-6-10(16)11-8(2)13-12(17)14-11/h3-6H2,1-2H3,(H2,13,14,17). The Balaban J connectivity index is 2.50. The number of hydrogen-bond acceptors (Lipinski definition) is 4. The molecule has 0 spiro atoms. The molecule has 6 nitrogen and oxygen atoms in total. The molecular weight excluding hydrogens is 236 g/mol. The molecule has 0 aromatic carbocycles. The van der Waals surface area contributed by atoms with E-state index in [9.17, 15) is 14.4 Å². The van der Waals surface area contributed by atoms with E-state index in [2.05, 4.69) is 9.97 Å². The van der Waals surface area contributed by atoms with Crippen LogP contribution in [0.15, 0.2) is 10.6 Å². The Bertz CT molecular complexity index is 520. The van der Waals surface area contributed by atoms with Crippen molar-refractivity contribution in [2.45, 2.75) is 33.1 Å². The second kappa shape index (κ2) is 6.61. The lowest BCUT2D eigenvalue weighted by Crippen LogP contribution is -2.05. The van der Waals surface area contributed by atoms with Crippen molar-refractivity contribution in [1.29, 1.82) is 0 Å². The molecule has 1 heterocycles. The van der Waals surface area contributed by atoms with Crippen LogP contribution in [0, 0.1) is 6.92 Å². The fraction of sp³-hybridized carbons (Fsp3) is 0.500. The van der Waals surface area contributed by atoms with Gasteiger partial charge in [-0.05, 0) is 20.3 Å². The van der Waals surface area contributed by atoms with Crippen LogP contribution in [0.2, 0.25) is 0 Å². The molecule has 0 aliphatic rings. The Kier molecular flexibility index (Phi) is 5.14. The molecule has 18 heavy (non-hydrogen) atoms. The summed E-state index contributed by atoms with van der Waals surface area (Å²) in [6, 6.07) is 0.